The normalized spacial score (nSPS) is 13.8. The number of aromatic nitrogens is 1. The Bertz CT molecular complexity index is 2830. The molecule has 0 fully saturated rings. The summed E-state index contributed by atoms with van der Waals surface area (Å²) in [7, 11) is 0. The van der Waals surface area contributed by atoms with E-state index in [0.29, 0.717) is 0 Å². The molecular formula is C47H31N. The molecule has 0 amide bonds. The van der Waals surface area contributed by atoms with Crippen molar-refractivity contribution in [1.82, 2.24) is 4.57 Å². The largest absolute Gasteiger partial charge is 0.309 e. The SMILES string of the molecule is CC1(C)c2ccccc2-c2c1c1ccccc1c1c3ccccc3n(-c3cccc(-c4ccc5c6c(cccc46)-c4ccccc4-5)c3)c21. The summed E-state index contributed by atoms with van der Waals surface area (Å²) < 4.78 is 2.55. The van der Waals surface area contributed by atoms with Crippen LogP contribution >= 0.6 is 0 Å². The maximum absolute atomic E-state index is 2.55. The van der Waals surface area contributed by atoms with Gasteiger partial charge in [-0.15, -0.1) is 0 Å². The molecule has 2 aliphatic rings. The second-order valence-corrected chi connectivity index (χ2v) is 14.0. The Kier molecular flexibility index (Phi) is 4.97. The highest BCUT2D eigenvalue weighted by Crippen LogP contribution is 2.56. The maximum Gasteiger partial charge on any atom is 0.0629 e. The fourth-order valence-electron chi connectivity index (χ4n) is 9.35. The number of hydrogen-bond acceptors (Lipinski definition) is 0. The van der Waals surface area contributed by atoms with Crippen molar-refractivity contribution in [2.45, 2.75) is 19.3 Å². The van der Waals surface area contributed by atoms with E-state index >= 15 is 0 Å². The van der Waals surface area contributed by atoms with Gasteiger partial charge < -0.3 is 4.57 Å². The van der Waals surface area contributed by atoms with E-state index in [0.717, 1.165) is 0 Å². The molecule has 0 radical (unpaired) electrons. The van der Waals surface area contributed by atoms with Gasteiger partial charge in [0.1, 0.15) is 0 Å². The van der Waals surface area contributed by atoms with E-state index in [-0.39, 0.29) is 5.41 Å². The zero-order valence-electron chi connectivity index (χ0n) is 26.9. The van der Waals surface area contributed by atoms with Crippen molar-refractivity contribution in [2.75, 3.05) is 0 Å². The summed E-state index contributed by atoms with van der Waals surface area (Å²) in [6.07, 6.45) is 0. The Morgan fingerprint density at radius 3 is 1.88 bits per heavy atom. The molecule has 0 spiro atoms. The lowest BCUT2D eigenvalue weighted by Gasteiger charge is -2.24. The Morgan fingerprint density at radius 1 is 0.438 bits per heavy atom. The van der Waals surface area contributed by atoms with Gasteiger partial charge in [-0.3, -0.25) is 0 Å². The van der Waals surface area contributed by atoms with E-state index in [1.54, 1.807) is 0 Å². The number of rotatable bonds is 2. The number of para-hydroxylation sites is 1. The highest BCUT2D eigenvalue weighted by molar-refractivity contribution is 6.27. The lowest BCUT2D eigenvalue weighted by Crippen LogP contribution is -2.15. The van der Waals surface area contributed by atoms with Crippen LogP contribution in [0.4, 0.5) is 0 Å². The van der Waals surface area contributed by atoms with Crippen LogP contribution in [0.15, 0.2) is 152 Å². The first-order valence-electron chi connectivity index (χ1n) is 17.0. The predicted octanol–water partition coefficient (Wildman–Crippen LogP) is 12.7. The number of benzene rings is 8. The lowest BCUT2D eigenvalue weighted by molar-refractivity contribution is 0.666. The molecular weight excluding hydrogens is 579 g/mol. The van der Waals surface area contributed by atoms with Gasteiger partial charge in [-0.05, 0) is 89.8 Å². The fourth-order valence-corrected chi connectivity index (χ4v) is 9.35. The molecule has 1 heterocycles. The average molecular weight is 610 g/mol. The second-order valence-electron chi connectivity index (χ2n) is 14.0. The van der Waals surface area contributed by atoms with Crippen molar-refractivity contribution >= 4 is 43.4 Å². The summed E-state index contributed by atoms with van der Waals surface area (Å²) in [5.74, 6) is 0. The third kappa shape index (κ3) is 3.16. The van der Waals surface area contributed by atoms with Crippen LogP contribution in [0.1, 0.15) is 25.0 Å². The monoisotopic (exact) mass is 609 g/mol. The molecule has 0 saturated heterocycles. The number of nitrogens with zero attached hydrogens (tertiary/aromatic N) is 1. The number of hydrogen-bond donors (Lipinski definition) is 0. The van der Waals surface area contributed by atoms with E-state index in [2.05, 4.69) is 170 Å². The summed E-state index contributed by atoms with van der Waals surface area (Å²) >= 11 is 0. The van der Waals surface area contributed by atoms with Gasteiger partial charge in [-0.25, -0.2) is 0 Å². The minimum atomic E-state index is -0.120. The molecule has 1 aromatic heterocycles. The highest BCUT2D eigenvalue weighted by Gasteiger charge is 2.39. The Morgan fingerprint density at radius 2 is 1.04 bits per heavy atom. The summed E-state index contributed by atoms with van der Waals surface area (Å²) in [6.45, 7) is 4.80. The topological polar surface area (TPSA) is 4.93 Å². The average Bonchev–Trinajstić information content (AvgIpc) is 3.74. The van der Waals surface area contributed by atoms with E-state index in [1.807, 2.05) is 0 Å². The molecule has 48 heavy (non-hydrogen) atoms. The molecule has 11 rings (SSSR count). The standard InChI is InChI=1S/C47H31N/c1-47(2)40-23-9-7-19-38(40)44-45(47)37-18-6-5-17-35(37)43-39-20-8-10-24-41(39)48(46(43)44)29-14-11-13-28(27-29)30-25-26-36-32-16-4-3-15-31(32)34-22-12-21-33(30)42(34)36/h3-27H,1-2H3. The fraction of sp³-hybridized carbons (Fsp3) is 0.0638. The van der Waals surface area contributed by atoms with Crippen LogP contribution in [0.2, 0.25) is 0 Å². The first kappa shape index (κ1) is 26.2. The smallest absolute Gasteiger partial charge is 0.0629 e. The van der Waals surface area contributed by atoms with Gasteiger partial charge >= 0.3 is 0 Å². The third-order valence-electron chi connectivity index (χ3n) is 11.3. The third-order valence-corrected chi connectivity index (χ3v) is 11.3. The molecule has 1 heteroatoms. The quantitative estimate of drug-likeness (QED) is 0.184. The van der Waals surface area contributed by atoms with E-state index in [4.69, 9.17) is 0 Å². The summed E-state index contributed by atoms with van der Waals surface area (Å²) in [4.78, 5) is 0. The van der Waals surface area contributed by atoms with Gasteiger partial charge in [0.05, 0.1) is 11.0 Å². The van der Waals surface area contributed by atoms with E-state index in [1.165, 1.54) is 105 Å². The van der Waals surface area contributed by atoms with Crippen molar-refractivity contribution in [3.63, 3.8) is 0 Å². The van der Waals surface area contributed by atoms with Crippen LogP contribution in [-0.4, -0.2) is 4.57 Å². The van der Waals surface area contributed by atoms with E-state index in [9.17, 15) is 0 Å². The van der Waals surface area contributed by atoms with Crippen LogP contribution in [0.25, 0.3) is 93.5 Å². The van der Waals surface area contributed by atoms with Crippen LogP contribution in [0.3, 0.4) is 0 Å². The van der Waals surface area contributed by atoms with Gasteiger partial charge in [0.15, 0.2) is 0 Å². The molecule has 0 bridgehead atoms. The zero-order chi connectivity index (χ0) is 31.7. The molecule has 224 valence electrons. The van der Waals surface area contributed by atoms with Crippen molar-refractivity contribution < 1.29 is 0 Å². The Balaban J connectivity index is 1.25. The van der Waals surface area contributed by atoms with Gasteiger partial charge in [0.2, 0.25) is 0 Å². The molecule has 0 saturated carbocycles. The van der Waals surface area contributed by atoms with Gasteiger partial charge in [0, 0.05) is 27.4 Å². The molecule has 0 N–H and O–H groups in total. The van der Waals surface area contributed by atoms with E-state index < -0.39 is 0 Å². The van der Waals surface area contributed by atoms with Crippen LogP contribution in [0, 0.1) is 0 Å². The lowest BCUT2D eigenvalue weighted by atomic mass is 9.79. The molecule has 9 aromatic rings. The van der Waals surface area contributed by atoms with Gasteiger partial charge in [0.25, 0.3) is 0 Å². The minimum Gasteiger partial charge on any atom is -0.309 e. The second kappa shape index (κ2) is 9.12. The minimum absolute atomic E-state index is 0.120. The molecule has 0 atom stereocenters. The first-order chi connectivity index (χ1) is 23.6. The Labute approximate surface area is 279 Å². The molecule has 1 nitrogen and oxygen atoms in total. The predicted molar refractivity (Wildman–Crippen MR) is 203 cm³/mol. The summed E-state index contributed by atoms with van der Waals surface area (Å²) in [5, 5.41) is 7.98. The van der Waals surface area contributed by atoms with Crippen molar-refractivity contribution in [3.05, 3.63) is 163 Å². The van der Waals surface area contributed by atoms with Gasteiger partial charge in [-0.2, -0.15) is 0 Å². The molecule has 0 aliphatic heterocycles. The van der Waals surface area contributed by atoms with Crippen molar-refractivity contribution in [3.8, 4) is 50.2 Å². The van der Waals surface area contributed by atoms with Crippen molar-refractivity contribution in [1.29, 1.82) is 0 Å². The maximum atomic E-state index is 2.55. The van der Waals surface area contributed by atoms with Crippen LogP contribution in [0.5, 0.6) is 0 Å². The van der Waals surface area contributed by atoms with Crippen LogP contribution < -0.4 is 0 Å². The summed E-state index contributed by atoms with van der Waals surface area (Å²) in [6, 6.07) is 56.6. The molecule has 2 aliphatic carbocycles. The number of fused-ring (bicyclic) bond motifs is 13. The van der Waals surface area contributed by atoms with Crippen LogP contribution in [-0.2, 0) is 5.41 Å². The highest BCUT2D eigenvalue weighted by atomic mass is 15.0. The summed E-state index contributed by atoms with van der Waals surface area (Å²) in [5.41, 5.74) is 17.0. The first-order valence-corrected chi connectivity index (χ1v) is 17.0. The Hall–Kier alpha value is -5.92. The molecule has 0 unspecified atom stereocenters. The van der Waals surface area contributed by atoms with Gasteiger partial charge in [-0.1, -0.05) is 147 Å². The molecule has 8 aromatic carbocycles. The van der Waals surface area contributed by atoms with Crippen molar-refractivity contribution in [2.24, 2.45) is 0 Å². The zero-order valence-corrected chi connectivity index (χ0v) is 26.9.